The van der Waals surface area contributed by atoms with Gasteiger partial charge in [-0.2, -0.15) is 11.8 Å². The Balaban J connectivity index is 4.67. The van der Waals surface area contributed by atoms with Gasteiger partial charge in [0.25, 0.3) is 0 Å². The zero-order valence-electron chi connectivity index (χ0n) is 13.2. The fourth-order valence-electron chi connectivity index (χ4n) is 1.65. The highest BCUT2D eigenvalue weighted by atomic mass is 32.2. The van der Waals surface area contributed by atoms with Crippen LogP contribution in [0.1, 0.15) is 19.3 Å². The molecule has 138 valence electrons. The zero-order chi connectivity index (χ0) is 18.7. The van der Waals surface area contributed by atoms with E-state index in [9.17, 15) is 24.3 Å². The Morgan fingerprint density at radius 3 is 2.08 bits per heavy atom. The van der Waals surface area contributed by atoms with Crippen molar-refractivity contribution in [2.75, 3.05) is 18.6 Å². The van der Waals surface area contributed by atoms with Crippen LogP contribution in [0, 0.1) is 0 Å². The average molecular weight is 365 g/mol. The van der Waals surface area contributed by atoms with E-state index in [2.05, 4.69) is 10.6 Å². The van der Waals surface area contributed by atoms with Crippen molar-refractivity contribution in [2.24, 2.45) is 5.73 Å². The van der Waals surface area contributed by atoms with Crippen LogP contribution in [-0.2, 0) is 19.2 Å². The third-order valence-electron chi connectivity index (χ3n) is 3.05. The van der Waals surface area contributed by atoms with E-state index in [4.69, 9.17) is 15.9 Å². The molecule has 0 bridgehead atoms. The average Bonchev–Trinajstić information content (AvgIpc) is 2.52. The molecule has 0 aliphatic rings. The molecule has 0 saturated carbocycles. The Bertz CT molecular complexity index is 461. The molecule has 0 aliphatic heterocycles. The molecule has 3 atom stereocenters. The third kappa shape index (κ3) is 8.70. The summed E-state index contributed by atoms with van der Waals surface area (Å²) in [4.78, 5) is 45.3. The lowest BCUT2D eigenvalue weighted by atomic mass is 10.1. The van der Waals surface area contributed by atoms with Crippen LogP contribution in [-0.4, -0.2) is 75.8 Å². The summed E-state index contributed by atoms with van der Waals surface area (Å²) in [6, 6.07) is -3.67. The first kappa shape index (κ1) is 22.1. The van der Waals surface area contributed by atoms with Gasteiger partial charge in [-0.3, -0.25) is 14.4 Å². The molecular formula is C13H23N3O7S. The maximum Gasteiger partial charge on any atom is 0.326 e. The predicted octanol–water partition coefficient (Wildman–Crippen LogP) is -2.02. The van der Waals surface area contributed by atoms with Gasteiger partial charge in [0.15, 0.2) is 0 Å². The summed E-state index contributed by atoms with van der Waals surface area (Å²) < 4.78 is 0. The van der Waals surface area contributed by atoms with Crippen molar-refractivity contribution in [3.05, 3.63) is 0 Å². The van der Waals surface area contributed by atoms with E-state index < -0.39 is 54.9 Å². The van der Waals surface area contributed by atoms with Gasteiger partial charge in [0, 0.05) is 6.42 Å². The first-order valence-corrected chi connectivity index (χ1v) is 8.53. The number of aliphatic hydroxyl groups excluding tert-OH is 1. The Morgan fingerprint density at radius 1 is 1.04 bits per heavy atom. The summed E-state index contributed by atoms with van der Waals surface area (Å²) in [7, 11) is 0. The molecule has 2 amide bonds. The van der Waals surface area contributed by atoms with Crippen LogP contribution in [0.15, 0.2) is 0 Å². The second kappa shape index (κ2) is 11.6. The quantitative estimate of drug-likeness (QED) is 0.227. The summed E-state index contributed by atoms with van der Waals surface area (Å²) in [5.74, 6) is -3.55. The number of carbonyl (C=O) groups excluding carboxylic acids is 2. The number of carbonyl (C=O) groups is 4. The van der Waals surface area contributed by atoms with Gasteiger partial charge in [-0.15, -0.1) is 0 Å². The fourth-order valence-corrected chi connectivity index (χ4v) is 2.14. The molecule has 7 N–H and O–H groups in total. The zero-order valence-corrected chi connectivity index (χ0v) is 14.0. The molecule has 3 unspecified atom stereocenters. The highest BCUT2D eigenvalue weighted by Gasteiger charge is 2.27. The maximum absolute atomic E-state index is 12.0. The van der Waals surface area contributed by atoms with E-state index in [-0.39, 0.29) is 6.42 Å². The standard InChI is InChI=1S/C13H23N3O7S/c1-24-5-4-7(14)11(20)16-9(6-17)12(21)15-8(13(22)23)2-3-10(18)19/h7-9,17H,2-6,14H2,1H3,(H,15,21)(H,16,20)(H,18,19)(H,22,23). The molecule has 10 nitrogen and oxygen atoms in total. The minimum absolute atomic E-state index is 0.324. The number of carboxylic acid groups (broad SMARTS) is 2. The molecule has 24 heavy (non-hydrogen) atoms. The molecule has 0 radical (unpaired) electrons. The number of nitrogens with two attached hydrogens (primary N) is 1. The number of carboxylic acids is 2. The summed E-state index contributed by atoms with van der Waals surface area (Å²) in [6.07, 6.45) is 1.45. The van der Waals surface area contributed by atoms with Crippen LogP contribution in [0.5, 0.6) is 0 Å². The van der Waals surface area contributed by atoms with E-state index in [0.717, 1.165) is 0 Å². The Kier molecular flexibility index (Phi) is 10.8. The molecule has 0 rings (SSSR count). The van der Waals surface area contributed by atoms with Crippen molar-refractivity contribution >= 4 is 35.5 Å². The van der Waals surface area contributed by atoms with Gasteiger partial charge in [0.1, 0.15) is 12.1 Å². The molecule has 0 heterocycles. The number of hydrogen-bond acceptors (Lipinski definition) is 7. The van der Waals surface area contributed by atoms with Crippen molar-refractivity contribution < 1.29 is 34.5 Å². The molecule has 0 aromatic carbocycles. The highest BCUT2D eigenvalue weighted by molar-refractivity contribution is 7.98. The van der Waals surface area contributed by atoms with Crippen molar-refractivity contribution in [2.45, 2.75) is 37.4 Å². The lowest BCUT2D eigenvalue weighted by Gasteiger charge is -2.21. The second-order valence-electron chi connectivity index (χ2n) is 4.96. The predicted molar refractivity (Wildman–Crippen MR) is 86.4 cm³/mol. The van der Waals surface area contributed by atoms with Crippen LogP contribution in [0.3, 0.4) is 0 Å². The number of hydrogen-bond donors (Lipinski definition) is 6. The first-order chi connectivity index (χ1) is 11.2. The van der Waals surface area contributed by atoms with E-state index in [1.165, 1.54) is 11.8 Å². The minimum atomic E-state index is -1.44. The van der Waals surface area contributed by atoms with Crippen LogP contribution < -0.4 is 16.4 Å². The number of aliphatic hydroxyl groups is 1. The van der Waals surface area contributed by atoms with E-state index >= 15 is 0 Å². The molecule has 0 spiro atoms. The highest BCUT2D eigenvalue weighted by Crippen LogP contribution is 2.01. The Morgan fingerprint density at radius 2 is 1.62 bits per heavy atom. The maximum atomic E-state index is 12.0. The van der Waals surface area contributed by atoms with Crippen molar-refractivity contribution in [3.8, 4) is 0 Å². The van der Waals surface area contributed by atoms with Gasteiger partial charge in [0.2, 0.25) is 11.8 Å². The summed E-state index contributed by atoms with van der Waals surface area (Å²) in [6.45, 7) is -0.752. The molecule has 11 heteroatoms. The lowest BCUT2D eigenvalue weighted by molar-refractivity contribution is -0.143. The van der Waals surface area contributed by atoms with Crippen LogP contribution in [0.2, 0.25) is 0 Å². The van der Waals surface area contributed by atoms with Crippen LogP contribution >= 0.6 is 11.8 Å². The van der Waals surface area contributed by atoms with Crippen LogP contribution in [0.25, 0.3) is 0 Å². The Hall–Kier alpha value is -1.85. The van der Waals surface area contributed by atoms with Gasteiger partial charge in [-0.25, -0.2) is 4.79 Å². The number of nitrogens with one attached hydrogen (secondary N) is 2. The van der Waals surface area contributed by atoms with Gasteiger partial charge in [-0.1, -0.05) is 0 Å². The van der Waals surface area contributed by atoms with Crippen LogP contribution in [0.4, 0.5) is 0 Å². The topological polar surface area (TPSA) is 179 Å². The smallest absolute Gasteiger partial charge is 0.326 e. The lowest BCUT2D eigenvalue weighted by Crippen LogP contribution is -2.55. The molecule has 0 aromatic rings. The van der Waals surface area contributed by atoms with E-state index in [0.29, 0.717) is 12.2 Å². The SMILES string of the molecule is CSCCC(N)C(=O)NC(CO)C(=O)NC(CCC(=O)O)C(=O)O. The molecule has 0 aliphatic carbocycles. The largest absolute Gasteiger partial charge is 0.481 e. The monoisotopic (exact) mass is 365 g/mol. The van der Waals surface area contributed by atoms with E-state index in [1.54, 1.807) is 0 Å². The molecule has 0 saturated heterocycles. The van der Waals surface area contributed by atoms with Gasteiger partial charge in [-0.05, 0) is 24.9 Å². The number of thioether (sulfide) groups is 1. The van der Waals surface area contributed by atoms with Gasteiger partial charge < -0.3 is 31.7 Å². The summed E-state index contributed by atoms with van der Waals surface area (Å²) >= 11 is 1.50. The minimum Gasteiger partial charge on any atom is -0.481 e. The molecular weight excluding hydrogens is 342 g/mol. The second-order valence-corrected chi connectivity index (χ2v) is 5.95. The normalized spacial score (nSPS) is 14.3. The summed E-state index contributed by atoms with van der Waals surface area (Å²) in [5, 5.41) is 31.1. The number of amides is 2. The Labute approximate surface area is 143 Å². The van der Waals surface area contributed by atoms with Gasteiger partial charge >= 0.3 is 11.9 Å². The van der Waals surface area contributed by atoms with Crippen molar-refractivity contribution in [1.82, 2.24) is 10.6 Å². The van der Waals surface area contributed by atoms with Gasteiger partial charge in [0.05, 0.1) is 12.6 Å². The molecule has 0 aromatic heterocycles. The third-order valence-corrected chi connectivity index (χ3v) is 3.69. The first-order valence-electron chi connectivity index (χ1n) is 7.13. The van der Waals surface area contributed by atoms with Crippen molar-refractivity contribution in [3.63, 3.8) is 0 Å². The summed E-state index contributed by atoms with van der Waals surface area (Å²) in [5.41, 5.74) is 5.64. The number of aliphatic carboxylic acids is 2. The van der Waals surface area contributed by atoms with E-state index in [1.807, 2.05) is 6.26 Å². The fraction of sp³-hybridized carbons (Fsp3) is 0.692. The van der Waals surface area contributed by atoms with Crippen molar-refractivity contribution in [1.29, 1.82) is 0 Å². The molecule has 0 fully saturated rings. The number of rotatable bonds is 12.